The number of anilines is 1. The van der Waals surface area contributed by atoms with Gasteiger partial charge in [-0.3, -0.25) is 14.2 Å². The fourth-order valence-electron chi connectivity index (χ4n) is 7.84. The van der Waals surface area contributed by atoms with E-state index in [0.29, 0.717) is 67.4 Å². The van der Waals surface area contributed by atoms with Crippen LogP contribution in [0.5, 0.6) is 5.75 Å². The van der Waals surface area contributed by atoms with Gasteiger partial charge in [-0.2, -0.15) is 10.2 Å². The summed E-state index contributed by atoms with van der Waals surface area (Å²) in [5.74, 6) is -0.513. The maximum Gasteiger partial charge on any atom is 0.335 e. The summed E-state index contributed by atoms with van der Waals surface area (Å²) in [5, 5.41) is 22.5. The summed E-state index contributed by atoms with van der Waals surface area (Å²) < 4.78 is 12.0. The zero-order valence-electron chi connectivity index (χ0n) is 31.8. The van der Waals surface area contributed by atoms with Gasteiger partial charge in [-0.25, -0.2) is 4.79 Å². The summed E-state index contributed by atoms with van der Waals surface area (Å²) in [6.07, 6.45) is 3.57. The Kier molecular flexibility index (Phi) is 10.2. The molecule has 0 bridgehead atoms. The van der Waals surface area contributed by atoms with Gasteiger partial charge in [-0.1, -0.05) is 29.3 Å². The van der Waals surface area contributed by atoms with Gasteiger partial charge >= 0.3 is 5.97 Å². The minimum Gasteiger partial charge on any atom is -0.494 e. The number of amides is 1. The molecule has 282 valence electrons. The van der Waals surface area contributed by atoms with Crippen molar-refractivity contribution >= 4 is 62.6 Å². The van der Waals surface area contributed by atoms with Gasteiger partial charge in [0.15, 0.2) is 0 Å². The van der Waals surface area contributed by atoms with Crippen molar-refractivity contribution in [1.29, 1.82) is 0 Å². The molecule has 0 atom stereocenters. The van der Waals surface area contributed by atoms with Crippen molar-refractivity contribution in [2.24, 2.45) is 7.05 Å². The molecule has 0 unspecified atom stereocenters. The van der Waals surface area contributed by atoms with Crippen LogP contribution in [0.3, 0.4) is 0 Å². The Morgan fingerprint density at radius 3 is 2.41 bits per heavy atom. The normalized spacial score (nSPS) is 13.4. The van der Waals surface area contributed by atoms with Crippen LogP contribution in [-0.4, -0.2) is 79.8 Å². The predicted molar refractivity (Wildman–Crippen MR) is 215 cm³/mol. The minimum absolute atomic E-state index is 0.100. The Labute approximate surface area is 324 Å². The third-order valence-corrected chi connectivity index (χ3v) is 11.4. The van der Waals surface area contributed by atoms with Crippen LogP contribution in [0.4, 0.5) is 5.69 Å². The van der Waals surface area contributed by atoms with E-state index in [-0.39, 0.29) is 11.5 Å². The molecule has 0 saturated heterocycles. The minimum atomic E-state index is -1.07. The first-order chi connectivity index (χ1) is 25.8. The highest BCUT2D eigenvalue weighted by atomic mass is 35.5. The van der Waals surface area contributed by atoms with E-state index in [2.05, 4.69) is 9.67 Å². The van der Waals surface area contributed by atoms with E-state index in [4.69, 9.17) is 33.0 Å². The average molecular weight is 771 g/mol. The molecule has 0 aliphatic carbocycles. The quantitative estimate of drug-likeness (QED) is 0.132. The van der Waals surface area contributed by atoms with Crippen molar-refractivity contribution in [1.82, 2.24) is 29.0 Å². The lowest BCUT2D eigenvalue weighted by atomic mass is 9.98. The van der Waals surface area contributed by atoms with Gasteiger partial charge in [0, 0.05) is 59.3 Å². The molecule has 3 aromatic heterocycles. The molecule has 11 nitrogen and oxygen atoms in total. The van der Waals surface area contributed by atoms with Crippen molar-refractivity contribution in [2.45, 2.75) is 60.0 Å². The van der Waals surface area contributed by atoms with Crippen LogP contribution >= 0.6 is 23.2 Å². The Bertz CT molecular complexity index is 2440. The molecular formula is C41H45Cl2N7O4. The van der Waals surface area contributed by atoms with Gasteiger partial charge in [-0.05, 0) is 108 Å². The molecule has 6 aromatic rings. The van der Waals surface area contributed by atoms with Crippen molar-refractivity contribution in [2.75, 3.05) is 38.7 Å². The van der Waals surface area contributed by atoms with Gasteiger partial charge in [-0.15, -0.1) is 0 Å². The van der Waals surface area contributed by atoms with Crippen LogP contribution in [0.15, 0.2) is 42.6 Å². The fourth-order valence-corrected chi connectivity index (χ4v) is 8.20. The maximum absolute atomic E-state index is 15.2. The van der Waals surface area contributed by atoms with Crippen LogP contribution in [0.1, 0.15) is 61.8 Å². The van der Waals surface area contributed by atoms with Gasteiger partial charge in [0.2, 0.25) is 0 Å². The third kappa shape index (κ3) is 6.62. The lowest BCUT2D eigenvalue weighted by Crippen LogP contribution is -2.32. The molecular weight excluding hydrogens is 725 g/mol. The number of aromatic carboxylic acids is 1. The first-order valence-corrected chi connectivity index (χ1v) is 19.0. The number of likely N-dealkylation sites (N-methyl/N-ethyl adjacent to an activating group) is 1. The zero-order chi connectivity index (χ0) is 38.6. The molecule has 1 amide bonds. The summed E-state index contributed by atoms with van der Waals surface area (Å²) in [7, 11) is 5.88. The average Bonchev–Trinajstić information content (AvgIpc) is 3.72. The summed E-state index contributed by atoms with van der Waals surface area (Å²) in [4.78, 5) is 31.5. The topological polar surface area (TPSA) is 111 Å². The SMILES string of the molecule is Cc1cc(OCCCc2c3n(c4c(-c5c(C)nn(C)c5C)c(Cl)ccc24)CCCN(c2cc(C(=O)O)cc4c2cnn4CCN(C)C)C3=O)cc(C)c1Cl. The molecule has 7 rings (SSSR count). The number of carboxylic acid groups (broad SMARTS) is 1. The molecule has 0 spiro atoms. The van der Waals surface area contributed by atoms with E-state index >= 15 is 4.79 Å². The standard InChI is InChI=1S/C41H45Cl2N7O4/c1-23-18-28(19-24(2)37(23)43)54-17-8-10-29-30-11-12-32(42)36(35-25(3)45-47(7)26(35)4)38(30)49-14-9-13-48(40(51)39(29)49)33-20-27(41(52)53)21-34-31(33)22-44-50(34)16-15-46(5)6/h11-12,18-22H,8-10,13-17H2,1-7H3,(H,52,53). The van der Waals surface area contributed by atoms with Crippen molar-refractivity contribution < 1.29 is 19.4 Å². The number of rotatable bonds is 11. The van der Waals surface area contributed by atoms with E-state index in [1.807, 2.05) is 87.4 Å². The molecule has 0 saturated carbocycles. The van der Waals surface area contributed by atoms with Crippen LogP contribution in [0.2, 0.25) is 10.0 Å². The van der Waals surface area contributed by atoms with E-state index < -0.39 is 5.97 Å². The van der Waals surface area contributed by atoms with Gasteiger partial charge in [0.1, 0.15) is 11.4 Å². The van der Waals surface area contributed by atoms with Crippen LogP contribution in [-0.2, 0) is 26.6 Å². The zero-order valence-corrected chi connectivity index (χ0v) is 33.3. The highest BCUT2D eigenvalue weighted by molar-refractivity contribution is 6.35. The van der Waals surface area contributed by atoms with Crippen LogP contribution < -0.4 is 9.64 Å². The first-order valence-electron chi connectivity index (χ1n) is 18.2. The number of hydrogen-bond donors (Lipinski definition) is 1. The Hall–Kier alpha value is -4.84. The molecule has 1 aliphatic rings. The second-order valence-corrected chi connectivity index (χ2v) is 15.3. The second kappa shape index (κ2) is 14.8. The summed E-state index contributed by atoms with van der Waals surface area (Å²) >= 11 is 13.5. The van der Waals surface area contributed by atoms with Crippen LogP contribution in [0, 0.1) is 27.7 Å². The Balaban J connectivity index is 1.37. The van der Waals surface area contributed by atoms with Gasteiger partial charge < -0.3 is 24.2 Å². The third-order valence-electron chi connectivity index (χ3n) is 10.5. The van der Waals surface area contributed by atoms with Gasteiger partial charge in [0.05, 0.1) is 52.3 Å². The molecule has 1 aliphatic heterocycles. The number of nitrogens with zero attached hydrogens (tertiary/aromatic N) is 7. The summed E-state index contributed by atoms with van der Waals surface area (Å²) in [6.45, 7) is 10.6. The highest BCUT2D eigenvalue weighted by Gasteiger charge is 2.33. The lowest BCUT2D eigenvalue weighted by Gasteiger charge is -2.23. The first kappa shape index (κ1) is 37.5. The molecule has 1 N–H and O–H groups in total. The molecule has 0 radical (unpaired) electrons. The van der Waals surface area contributed by atoms with Crippen molar-refractivity contribution in [3.05, 3.63) is 92.0 Å². The number of benzene rings is 3. The van der Waals surface area contributed by atoms with E-state index in [9.17, 15) is 9.90 Å². The Morgan fingerprint density at radius 2 is 1.74 bits per heavy atom. The van der Waals surface area contributed by atoms with Crippen molar-refractivity contribution in [3.63, 3.8) is 0 Å². The molecule has 0 fully saturated rings. The van der Waals surface area contributed by atoms with Gasteiger partial charge in [0.25, 0.3) is 5.91 Å². The summed E-state index contributed by atoms with van der Waals surface area (Å²) in [5.41, 5.74) is 9.21. The van der Waals surface area contributed by atoms with E-state index in [1.165, 1.54) is 0 Å². The van der Waals surface area contributed by atoms with Crippen LogP contribution in [0.25, 0.3) is 32.9 Å². The number of carbonyl (C=O) groups excluding carboxylic acids is 1. The Morgan fingerprint density at radius 1 is 1.00 bits per heavy atom. The van der Waals surface area contributed by atoms with E-state index in [1.54, 1.807) is 23.2 Å². The predicted octanol–water partition coefficient (Wildman–Crippen LogP) is 8.25. The number of carboxylic acids is 1. The number of ether oxygens (including phenoxy) is 1. The number of fused-ring (bicyclic) bond motifs is 4. The number of aromatic nitrogens is 5. The fraction of sp³-hybridized carbons (Fsp3) is 0.366. The monoisotopic (exact) mass is 769 g/mol. The molecule has 4 heterocycles. The molecule has 54 heavy (non-hydrogen) atoms. The number of carbonyl (C=O) groups is 2. The number of hydrogen-bond acceptors (Lipinski definition) is 6. The molecule has 13 heteroatoms. The van der Waals surface area contributed by atoms with Crippen molar-refractivity contribution in [3.8, 4) is 16.9 Å². The van der Waals surface area contributed by atoms with E-state index in [0.717, 1.165) is 72.8 Å². The highest BCUT2D eigenvalue weighted by Crippen LogP contribution is 2.43. The lowest BCUT2D eigenvalue weighted by molar-refractivity contribution is 0.0696. The summed E-state index contributed by atoms with van der Waals surface area (Å²) in [6, 6.07) is 11.1. The number of halogens is 2. The maximum atomic E-state index is 15.2. The number of aryl methyl sites for hydroxylation is 6. The smallest absolute Gasteiger partial charge is 0.335 e. The molecule has 3 aromatic carbocycles. The largest absolute Gasteiger partial charge is 0.494 e. The second-order valence-electron chi connectivity index (χ2n) is 14.5.